The van der Waals surface area contributed by atoms with Gasteiger partial charge in [0, 0.05) is 17.6 Å². The number of rotatable bonds is 10. The number of carbonyl (C=O) groups is 2. The molecule has 5 saturated carbocycles. The van der Waals surface area contributed by atoms with Crippen molar-refractivity contribution < 1.29 is 18.0 Å². The van der Waals surface area contributed by atoms with E-state index in [1.54, 1.807) is 25.1 Å². The molecular weight excluding hydrogens is 594 g/mol. The minimum Gasteiger partial charge on any atom is -0.352 e. The molecule has 44 heavy (non-hydrogen) atoms. The number of hydrogen-bond acceptors (Lipinski definition) is 4. The van der Waals surface area contributed by atoms with Gasteiger partial charge in [-0.3, -0.25) is 13.9 Å². The van der Waals surface area contributed by atoms with Gasteiger partial charge in [-0.05, 0) is 117 Å². The van der Waals surface area contributed by atoms with Crippen molar-refractivity contribution in [2.24, 2.45) is 17.8 Å². The molecule has 7 rings (SSSR count). The average molecular weight is 640 g/mol. The topological polar surface area (TPSA) is 86.8 Å². The number of nitrogens with zero attached hydrogens (tertiary/aromatic N) is 2. The fourth-order valence-corrected chi connectivity index (χ4v) is 10.1. The van der Waals surface area contributed by atoms with Gasteiger partial charge in [0.1, 0.15) is 12.6 Å². The van der Waals surface area contributed by atoms with Gasteiger partial charge in [0.2, 0.25) is 21.8 Å². The van der Waals surface area contributed by atoms with Gasteiger partial charge in [0.05, 0.1) is 11.9 Å². The summed E-state index contributed by atoms with van der Waals surface area (Å²) in [5.41, 5.74) is 2.74. The summed E-state index contributed by atoms with van der Waals surface area (Å²) in [6, 6.07) is 14.4. The normalized spacial score (nSPS) is 27.1. The van der Waals surface area contributed by atoms with E-state index in [4.69, 9.17) is 11.6 Å². The first-order valence-corrected chi connectivity index (χ1v) is 18.6. The van der Waals surface area contributed by atoms with Gasteiger partial charge >= 0.3 is 0 Å². The predicted octanol–water partition coefficient (Wildman–Crippen LogP) is 6.44. The van der Waals surface area contributed by atoms with Crippen LogP contribution in [0, 0.1) is 17.8 Å². The smallest absolute Gasteiger partial charge is 0.244 e. The molecule has 0 aliphatic heterocycles. The molecule has 0 heterocycles. The van der Waals surface area contributed by atoms with Crippen molar-refractivity contribution in [1.82, 2.24) is 10.2 Å². The van der Waals surface area contributed by atoms with Gasteiger partial charge in [-0.25, -0.2) is 8.42 Å². The lowest BCUT2D eigenvalue weighted by Crippen LogP contribution is -2.53. The van der Waals surface area contributed by atoms with Crippen molar-refractivity contribution in [1.29, 1.82) is 0 Å². The van der Waals surface area contributed by atoms with Crippen molar-refractivity contribution >= 4 is 39.1 Å². The molecule has 238 valence electrons. The molecule has 5 aliphatic rings. The zero-order valence-corrected chi connectivity index (χ0v) is 27.6. The molecule has 5 fully saturated rings. The Morgan fingerprint density at radius 2 is 1.57 bits per heavy atom. The van der Waals surface area contributed by atoms with Crippen LogP contribution in [0.5, 0.6) is 0 Å². The van der Waals surface area contributed by atoms with Crippen LogP contribution in [0.1, 0.15) is 88.7 Å². The van der Waals surface area contributed by atoms with E-state index in [1.165, 1.54) is 59.7 Å². The quantitative estimate of drug-likeness (QED) is 0.324. The summed E-state index contributed by atoms with van der Waals surface area (Å²) in [4.78, 5) is 28.9. The second-order valence-electron chi connectivity index (χ2n) is 14.2. The van der Waals surface area contributed by atoms with Crippen molar-refractivity contribution in [2.75, 3.05) is 17.1 Å². The van der Waals surface area contributed by atoms with Gasteiger partial charge in [-0.15, -0.1) is 0 Å². The minimum atomic E-state index is -3.79. The Morgan fingerprint density at radius 1 is 0.955 bits per heavy atom. The van der Waals surface area contributed by atoms with E-state index in [-0.39, 0.29) is 23.9 Å². The number of halogens is 1. The molecule has 0 aromatic heterocycles. The number of anilines is 1. The van der Waals surface area contributed by atoms with Crippen LogP contribution < -0.4 is 9.62 Å². The Morgan fingerprint density at radius 3 is 2.14 bits per heavy atom. The predicted molar refractivity (Wildman–Crippen MR) is 175 cm³/mol. The van der Waals surface area contributed by atoms with Crippen LogP contribution in [-0.4, -0.2) is 50.0 Å². The summed E-state index contributed by atoms with van der Waals surface area (Å²) < 4.78 is 27.4. The summed E-state index contributed by atoms with van der Waals surface area (Å²) in [6.45, 7) is 1.46. The highest BCUT2D eigenvalue weighted by Gasteiger charge is 2.51. The van der Waals surface area contributed by atoms with Crippen LogP contribution in [0.15, 0.2) is 48.5 Å². The number of amides is 2. The second-order valence-corrected chi connectivity index (χ2v) is 16.5. The summed E-state index contributed by atoms with van der Waals surface area (Å²) >= 11 is 6.24. The molecule has 1 N–H and O–H groups in total. The van der Waals surface area contributed by atoms with Crippen LogP contribution in [0.3, 0.4) is 0 Å². The molecule has 1 atom stereocenters. The van der Waals surface area contributed by atoms with E-state index in [2.05, 4.69) is 17.4 Å². The van der Waals surface area contributed by atoms with E-state index in [0.717, 1.165) is 55.3 Å². The number of hydrogen-bond donors (Lipinski definition) is 1. The molecule has 9 heteroatoms. The Balaban J connectivity index is 1.22. The van der Waals surface area contributed by atoms with Crippen molar-refractivity contribution in [3.05, 3.63) is 64.7 Å². The zero-order valence-electron chi connectivity index (χ0n) is 26.0. The molecule has 0 radical (unpaired) electrons. The van der Waals surface area contributed by atoms with Gasteiger partial charge in [-0.1, -0.05) is 55.1 Å². The first kappa shape index (κ1) is 31.4. The number of benzene rings is 2. The van der Waals surface area contributed by atoms with E-state index >= 15 is 0 Å². The molecular formula is C35H46ClN3O4S. The van der Waals surface area contributed by atoms with Crippen LogP contribution in [0.2, 0.25) is 5.02 Å². The first-order chi connectivity index (χ1) is 21.0. The lowest BCUT2D eigenvalue weighted by Gasteiger charge is -2.57. The van der Waals surface area contributed by atoms with Crippen LogP contribution in [0.4, 0.5) is 5.69 Å². The zero-order chi connectivity index (χ0) is 31.1. The minimum absolute atomic E-state index is 0.0989. The van der Waals surface area contributed by atoms with Crippen LogP contribution in [-0.2, 0) is 31.6 Å². The summed E-state index contributed by atoms with van der Waals surface area (Å²) in [5.74, 6) is 1.78. The van der Waals surface area contributed by atoms with Crippen molar-refractivity contribution in [3.8, 4) is 0 Å². The Bertz CT molecular complexity index is 1440. The average Bonchev–Trinajstić information content (AvgIpc) is 2.97. The maximum Gasteiger partial charge on any atom is 0.244 e. The van der Waals surface area contributed by atoms with E-state index < -0.39 is 28.5 Å². The Labute approximate surface area is 267 Å². The van der Waals surface area contributed by atoms with E-state index in [1.807, 2.05) is 18.2 Å². The molecule has 5 aliphatic carbocycles. The molecule has 2 amide bonds. The highest BCUT2D eigenvalue weighted by molar-refractivity contribution is 7.92. The molecule has 4 bridgehead atoms. The third-order valence-corrected chi connectivity index (χ3v) is 12.2. The van der Waals surface area contributed by atoms with E-state index in [9.17, 15) is 18.0 Å². The van der Waals surface area contributed by atoms with E-state index in [0.29, 0.717) is 10.7 Å². The third kappa shape index (κ3) is 6.81. The van der Waals surface area contributed by atoms with Gasteiger partial charge in [0.15, 0.2) is 0 Å². The fourth-order valence-electron chi connectivity index (χ4n) is 9.04. The van der Waals surface area contributed by atoms with Gasteiger partial charge < -0.3 is 10.2 Å². The highest BCUT2D eigenvalue weighted by Crippen LogP contribution is 2.60. The van der Waals surface area contributed by atoms with Crippen LogP contribution in [0.25, 0.3) is 0 Å². The Kier molecular flexibility index (Phi) is 9.04. The monoisotopic (exact) mass is 639 g/mol. The molecule has 0 spiro atoms. The van der Waals surface area contributed by atoms with Crippen molar-refractivity contribution in [2.45, 2.75) is 102 Å². The summed E-state index contributed by atoms with van der Waals surface area (Å²) in [6.07, 6.45) is 14.1. The number of carbonyl (C=O) groups excluding carboxylic acids is 2. The fraction of sp³-hybridized carbons (Fsp3) is 0.600. The van der Waals surface area contributed by atoms with Crippen LogP contribution >= 0.6 is 11.6 Å². The lowest BCUT2D eigenvalue weighted by atomic mass is 9.48. The molecule has 0 saturated heterocycles. The molecule has 7 nitrogen and oxygen atoms in total. The number of sulfonamides is 1. The number of nitrogens with one attached hydrogen (secondary N) is 1. The maximum absolute atomic E-state index is 14.0. The SMILES string of the molecule is CC(C(=O)NC1CCCCC1)N(Cc1cccc(Cl)c1)C(=O)CN(c1ccc(C23CC4CC(CC(C4)C2)C3)cc1)S(C)(=O)=O. The molecule has 2 aromatic carbocycles. The standard InChI is InChI=1S/C35H46ClN3O4S/c1-24(34(41)37-31-9-4-3-5-10-31)38(22-25-7-6-8-30(36)18-25)33(40)23-39(44(2,42)43)32-13-11-29(12-14-32)35-19-26-15-27(20-35)17-28(16-26)21-35/h6-8,11-14,18,24,26-28,31H,3-5,9-10,15-17,19-23H2,1-2H3,(H,37,41). The largest absolute Gasteiger partial charge is 0.352 e. The maximum atomic E-state index is 14.0. The van der Waals surface area contributed by atoms with Gasteiger partial charge in [-0.2, -0.15) is 0 Å². The van der Waals surface area contributed by atoms with Crippen molar-refractivity contribution in [3.63, 3.8) is 0 Å². The molecule has 2 aromatic rings. The lowest BCUT2D eigenvalue weighted by molar-refractivity contribution is -0.139. The molecule has 1 unspecified atom stereocenters. The first-order valence-electron chi connectivity index (χ1n) is 16.4. The Hall–Kier alpha value is -2.58. The second kappa shape index (κ2) is 12.7. The van der Waals surface area contributed by atoms with Gasteiger partial charge in [0.25, 0.3) is 0 Å². The summed E-state index contributed by atoms with van der Waals surface area (Å²) in [7, 11) is -3.79. The summed E-state index contributed by atoms with van der Waals surface area (Å²) in [5, 5.41) is 3.67. The highest BCUT2D eigenvalue weighted by atomic mass is 35.5. The third-order valence-electron chi connectivity index (χ3n) is 10.8.